The van der Waals surface area contributed by atoms with Crippen LogP contribution in [-0.2, 0) is 65.3 Å². The molecule has 102 heavy (non-hydrogen) atoms. The number of carboxylic acid groups (broad SMARTS) is 1. The predicted molar refractivity (Wildman–Crippen MR) is 395 cm³/mol. The van der Waals surface area contributed by atoms with Crippen molar-refractivity contribution in [2.24, 2.45) is 11.5 Å². The molecule has 0 saturated heterocycles. The van der Waals surface area contributed by atoms with E-state index in [1.807, 2.05) is 175 Å². The van der Waals surface area contributed by atoms with Crippen LogP contribution in [0.25, 0.3) is 0 Å². The minimum absolute atomic E-state index is 0. The first-order valence-electron chi connectivity index (χ1n) is 34.7. The maximum atomic E-state index is 12.4. The van der Waals surface area contributed by atoms with Crippen LogP contribution >= 0.6 is 12.4 Å². The largest absolute Gasteiger partial charge is 0.478 e. The highest BCUT2D eigenvalue weighted by molar-refractivity contribution is 5.94. The summed E-state index contributed by atoms with van der Waals surface area (Å²) in [6, 6.07) is 18.3. The van der Waals surface area contributed by atoms with E-state index in [0.29, 0.717) is 27.8 Å². The molecule has 0 aromatic heterocycles. The van der Waals surface area contributed by atoms with Crippen molar-refractivity contribution in [1.82, 2.24) is 16.0 Å². The predicted octanol–water partition coefficient (Wildman–Crippen LogP) is 16.0. The number of nitrogens with one attached hydrogen (secondary N) is 3. The first-order chi connectivity index (χ1) is 46.7. The number of esters is 4. The summed E-state index contributed by atoms with van der Waals surface area (Å²) in [5.41, 5.74) is 28.1. The van der Waals surface area contributed by atoms with Crippen molar-refractivity contribution in [1.29, 1.82) is 0 Å². The molecule has 8 N–H and O–H groups in total. The Morgan fingerprint density at radius 3 is 0.804 bits per heavy atom. The highest BCUT2D eigenvalue weighted by Gasteiger charge is 2.34. The SMILES string of the molecule is COC(=O)c1ccc2c(c1C)CC[C@@H]2N.COC(=O)c1ccc2c(c1C)CC[C@@H]2NC(=O)OC(C)(C)C.Cc1c(C(=O)O)ccc2c1CC[C@@H]2NC(=O)OC(C)(C)C.Cc1c(C(=O)OC(C)(C)C)ccc2c1CC[C@@H]2N.Cc1c(C(=O)OC(C)(C)C)ccc2c1CC[C@@H]2NC(=O)OC(C)(C)C.Cl. The number of fused-ring (bicyclic) bond motifs is 5. The highest BCUT2D eigenvalue weighted by Crippen LogP contribution is 2.40. The molecule has 0 bridgehead atoms. The van der Waals surface area contributed by atoms with Crippen LogP contribution in [0.3, 0.4) is 0 Å². The van der Waals surface area contributed by atoms with Gasteiger partial charge in [0.15, 0.2) is 0 Å². The average Bonchev–Trinajstić information content (AvgIpc) is 1.65. The first-order valence-corrected chi connectivity index (χ1v) is 34.7. The molecule has 0 radical (unpaired) electrons. The number of carboxylic acids is 1. The Morgan fingerprint density at radius 1 is 0.343 bits per heavy atom. The van der Waals surface area contributed by atoms with E-state index in [9.17, 15) is 38.4 Å². The number of ether oxygens (including phenoxy) is 7. The van der Waals surface area contributed by atoms with Crippen LogP contribution in [0.4, 0.5) is 14.4 Å². The topological polar surface area (TPSA) is 310 Å². The summed E-state index contributed by atoms with van der Waals surface area (Å²) in [4.78, 5) is 94.7. The Labute approximate surface area is 608 Å². The van der Waals surface area contributed by atoms with Gasteiger partial charge in [-0.2, -0.15) is 0 Å². The number of aromatic carboxylic acids is 1. The zero-order chi connectivity index (χ0) is 75.8. The number of alkyl carbamates (subject to hydrolysis) is 3. The second-order valence-electron chi connectivity index (χ2n) is 31.3. The first kappa shape index (κ1) is 84.1. The van der Waals surface area contributed by atoms with Crippen LogP contribution in [0.1, 0.15) is 301 Å². The molecule has 5 aromatic rings. The third-order valence-corrected chi connectivity index (χ3v) is 17.9. The van der Waals surface area contributed by atoms with Gasteiger partial charge in [0.1, 0.15) is 28.0 Å². The molecule has 10 rings (SSSR count). The minimum Gasteiger partial charge on any atom is -0.478 e. The fourth-order valence-corrected chi connectivity index (χ4v) is 13.3. The number of halogens is 1. The van der Waals surface area contributed by atoms with Gasteiger partial charge in [0.2, 0.25) is 0 Å². The lowest BCUT2D eigenvalue weighted by Crippen LogP contribution is -2.34. The van der Waals surface area contributed by atoms with Crippen LogP contribution in [-0.4, -0.2) is 95.5 Å². The van der Waals surface area contributed by atoms with Crippen molar-refractivity contribution in [3.63, 3.8) is 0 Å². The molecule has 0 aliphatic heterocycles. The van der Waals surface area contributed by atoms with E-state index >= 15 is 0 Å². The Kier molecular flexibility index (Phi) is 28.2. The Hall–Kier alpha value is -8.53. The zero-order valence-corrected chi connectivity index (χ0v) is 64.7. The van der Waals surface area contributed by atoms with E-state index in [1.165, 1.54) is 36.5 Å². The normalized spacial score (nSPS) is 17.4. The van der Waals surface area contributed by atoms with Crippen molar-refractivity contribution in [3.8, 4) is 0 Å². The van der Waals surface area contributed by atoms with E-state index in [-0.39, 0.29) is 66.5 Å². The van der Waals surface area contributed by atoms with Gasteiger partial charge < -0.3 is 65.7 Å². The summed E-state index contributed by atoms with van der Waals surface area (Å²) in [5.74, 6) is -2.07. The molecule has 5 aromatic carbocycles. The van der Waals surface area contributed by atoms with Crippen LogP contribution in [0.5, 0.6) is 0 Å². The number of carbonyl (C=O) groups excluding carboxylic acids is 7. The third-order valence-electron chi connectivity index (χ3n) is 17.9. The smallest absolute Gasteiger partial charge is 0.408 e. The highest BCUT2D eigenvalue weighted by atomic mass is 35.5. The van der Waals surface area contributed by atoms with Gasteiger partial charge >= 0.3 is 48.1 Å². The lowest BCUT2D eigenvalue weighted by Gasteiger charge is -2.23. The van der Waals surface area contributed by atoms with Gasteiger partial charge in [-0.15, -0.1) is 12.4 Å². The molecule has 5 atom stereocenters. The van der Waals surface area contributed by atoms with Crippen molar-refractivity contribution >= 4 is 60.5 Å². The average molecular weight is 1430 g/mol. The Balaban J connectivity index is 0.000000231. The van der Waals surface area contributed by atoms with Gasteiger partial charge in [0.05, 0.1) is 60.2 Å². The maximum Gasteiger partial charge on any atom is 0.408 e. The van der Waals surface area contributed by atoms with Gasteiger partial charge in [-0.3, -0.25) is 0 Å². The van der Waals surface area contributed by atoms with E-state index in [4.69, 9.17) is 49.7 Å². The van der Waals surface area contributed by atoms with E-state index in [2.05, 4.69) is 16.0 Å². The van der Waals surface area contributed by atoms with Crippen LogP contribution in [0.2, 0.25) is 0 Å². The van der Waals surface area contributed by atoms with Gasteiger partial charge in [-0.1, -0.05) is 30.3 Å². The number of nitrogens with two attached hydrogens (primary N) is 2. The zero-order valence-electron chi connectivity index (χ0n) is 63.9. The number of amides is 3. The summed E-state index contributed by atoms with van der Waals surface area (Å²) in [6.45, 7) is 37.3. The molecule has 5 aliphatic carbocycles. The van der Waals surface area contributed by atoms with E-state index in [1.54, 1.807) is 24.3 Å². The molecule has 22 heteroatoms. The monoisotopic (exact) mass is 1430 g/mol. The van der Waals surface area contributed by atoms with Crippen LogP contribution in [0.15, 0.2) is 60.7 Å². The molecular formula is C80H110ClN5O16. The molecule has 3 amide bonds. The summed E-state index contributed by atoms with van der Waals surface area (Å²) < 4.78 is 36.3. The second kappa shape index (κ2) is 34.2. The quantitative estimate of drug-likeness (QED) is 0.0621. The standard InChI is InChI=1S/C20H29NO4.C17H23NO4.C16H21NO4.C15H21NO2.C12H15NO2.ClH/c1-12-13-10-11-16(21-18(23)25-20(5,6)7)15(13)9-8-14(12)17(22)24-19(2,3)4;1-10-11-8-9-14(18-16(20)22-17(2,3)4)13(11)7-6-12(10)15(19)21-5;1-9-10-7-8-13(17-15(20)21-16(2,3)4)12(10)6-5-11(9)14(18)19;1-9-10-7-8-13(16)12(10)6-5-11(9)14(17)18-15(2,3)4;1-7-8-5-6-11(13)10(8)4-3-9(7)12(14)15-2;/h8-9,16H,10-11H2,1-7H3,(H,21,23);6-7,14H,8-9H2,1-5H3,(H,18,20);5-6,13H,7-8H2,1-4H3,(H,17,20)(H,18,19);5-6,13H,7-8,16H2,1-4H3;3-4,11H,5-6,13H2,1-2H3;1H/t16-;14-;2*13-;11-;/m00000./s1. The van der Waals surface area contributed by atoms with Gasteiger partial charge in [0.25, 0.3) is 0 Å². The minimum atomic E-state index is -0.918. The van der Waals surface area contributed by atoms with E-state index in [0.717, 1.165) is 125 Å². The fraction of sp³-hybridized carbons (Fsp3) is 0.525. The second-order valence-corrected chi connectivity index (χ2v) is 31.3. The lowest BCUT2D eigenvalue weighted by atomic mass is 9.98. The van der Waals surface area contributed by atoms with Gasteiger partial charge in [-0.05, 0) is 316 Å². The number of hydrogen-bond donors (Lipinski definition) is 6. The fourth-order valence-electron chi connectivity index (χ4n) is 13.3. The number of benzene rings is 5. The third kappa shape index (κ3) is 22.5. The van der Waals surface area contributed by atoms with Crippen molar-refractivity contribution in [2.75, 3.05) is 14.2 Å². The van der Waals surface area contributed by atoms with Crippen LogP contribution in [0, 0.1) is 34.6 Å². The van der Waals surface area contributed by atoms with Crippen molar-refractivity contribution in [2.45, 2.75) is 261 Å². The van der Waals surface area contributed by atoms with Gasteiger partial charge in [0, 0.05) is 12.1 Å². The maximum absolute atomic E-state index is 12.4. The lowest BCUT2D eigenvalue weighted by molar-refractivity contribution is 0.00559. The van der Waals surface area contributed by atoms with Crippen LogP contribution < -0.4 is 27.4 Å². The number of methoxy groups -OCH3 is 2. The molecule has 0 saturated carbocycles. The number of carbonyl (C=O) groups is 8. The summed E-state index contributed by atoms with van der Waals surface area (Å²) in [7, 11) is 2.78. The van der Waals surface area contributed by atoms with E-state index < -0.39 is 52.3 Å². The number of hydrogen-bond acceptors (Lipinski definition) is 17. The molecule has 0 spiro atoms. The summed E-state index contributed by atoms with van der Waals surface area (Å²) in [6.07, 6.45) is 7.36. The van der Waals surface area contributed by atoms with Crippen molar-refractivity contribution in [3.05, 3.63) is 172 Å². The molecule has 0 fully saturated rings. The molecule has 0 unspecified atom stereocenters. The molecule has 21 nitrogen and oxygen atoms in total. The summed E-state index contributed by atoms with van der Waals surface area (Å²) in [5, 5.41) is 17.8. The summed E-state index contributed by atoms with van der Waals surface area (Å²) >= 11 is 0. The molecule has 558 valence electrons. The van der Waals surface area contributed by atoms with Crippen molar-refractivity contribution < 1.29 is 76.6 Å². The van der Waals surface area contributed by atoms with Gasteiger partial charge in [-0.25, -0.2) is 38.4 Å². The molecular weight excluding hydrogens is 1320 g/mol. The molecule has 0 heterocycles. The Morgan fingerprint density at radius 2 is 0.559 bits per heavy atom. The molecule has 5 aliphatic rings. The number of rotatable bonds is 8. The Bertz CT molecular complexity index is 3940.